The standard InChI is InChI=1S/C21H18BrN5O2S/c1-12-4-7-15(10-17(12)22)24-25-19-13(2)26-27(20(19)28)21-23-18(11-30-21)14-5-8-16(29-3)9-6-14/h4-11,19H,1-3H3/t19-/m0/s1. The number of aryl methyl sites for hydroxylation is 1. The highest BCUT2D eigenvalue weighted by atomic mass is 79.9. The third-order valence-electron chi connectivity index (χ3n) is 4.60. The molecule has 0 N–H and O–H groups in total. The Hall–Kier alpha value is -2.91. The molecule has 3 aromatic rings. The number of hydrogen-bond acceptors (Lipinski definition) is 7. The van der Waals surface area contributed by atoms with Crippen LogP contribution in [0.2, 0.25) is 0 Å². The third kappa shape index (κ3) is 4.03. The van der Waals surface area contributed by atoms with Crippen LogP contribution in [0.15, 0.2) is 67.6 Å². The number of anilines is 1. The van der Waals surface area contributed by atoms with Gasteiger partial charge in [-0.1, -0.05) is 22.0 Å². The van der Waals surface area contributed by atoms with Crippen molar-refractivity contribution in [2.24, 2.45) is 15.3 Å². The number of benzene rings is 2. The molecule has 0 bridgehead atoms. The lowest BCUT2D eigenvalue weighted by Gasteiger charge is -2.08. The first-order valence-electron chi connectivity index (χ1n) is 9.12. The van der Waals surface area contributed by atoms with Crippen molar-refractivity contribution in [3.8, 4) is 17.0 Å². The van der Waals surface area contributed by atoms with Crippen molar-refractivity contribution >= 4 is 49.7 Å². The zero-order valence-corrected chi connectivity index (χ0v) is 18.9. The van der Waals surface area contributed by atoms with Gasteiger partial charge in [0, 0.05) is 15.4 Å². The van der Waals surface area contributed by atoms with E-state index in [1.54, 1.807) is 14.0 Å². The number of nitrogens with zero attached hydrogens (tertiary/aromatic N) is 5. The summed E-state index contributed by atoms with van der Waals surface area (Å²) in [5.74, 6) is 0.510. The molecule has 4 rings (SSSR count). The summed E-state index contributed by atoms with van der Waals surface area (Å²) in [5.41, 5.74) is 4.06. The molecule has 0 saturated carbocycles. The molecule has 1 aliphatic rings. The van der Waals surface area contributed by atoms with Crippen molar-refractivity contribution < 1.29 is 9.53 Å². The van der Waals surface area contributed by atoms with E-state index in [1.807, 2.05) is 54.8 Å². The molecule has 152 valence electrons. The number of thiazole rings is 1. The van der Waals surface area contributed by atoms with Crippen molar-refractivity contribution in [2.75, 3.05) is 12.1 Å². The summed E-state index contributed by atoms with van der Waals surface area (Å²) in [7, 11) is 1.63. The Kier molecular flexibility index (Phi) is 5.74. The Morgan fingerprint density at radius 3 is 2.63 bits per heavy atom. The molecular formula is C21H18BrN5O2S. The lowest BCUT2D eigenvalue weighted by Crippen LogP contribution is -2.29. The van der Waals surface area contributed by atoms with Crippen molar-refractivity contribution in [1.29, 1.82) is 0 Å². The van der Waals surface area contributed by atoms with E-state index in [4.69, 9.17) is 4.74 Å². The number of methoxy groups -OCH3 is 1. The summed E-state index contributed by atoms with van der Waals surface area (Å²) in [4.78, 5) is 17.5. The topological polar surface area (TPSA) is 79.5 Å². The molecule has 30 heavy (non-hydrogen) atoms. The van der Waals surface area contributed by atoms with E-state index >= 15 is 0 Å². The van der Waals surface area contributed by atoms with E-state index in [9.17, 15) is 4.79 Å². The SMILES string of the molecule is COc1ccc(-c2csc(N3N=C(C)[C@H](N=Nc4ccc(C)c(Br)c4)C3=O)n2)cc1. The van der Waals surface area contributed by atoms with E-state index in [0.29, 0.717) is 16.5 Å². The normalized spacial score (nSPS) is 16.4. The van der Waals surface area contributed by atoms with Crippen LogP contribution in [-0.2, 0) is 4.79 Å². The number of aromatic nitrogens is 1. The maximum Gasteiger partial charge on any atom is 0.282 e. The van der Waals surface area contributed by atoms with Gasteiger partial charge in [0.25, 0.3) is 5.91 Å². The Balaban J connectivity index is 1.52. The zero-order valence-electron chi connectivity index (χ0n) is 16.5. The highest BCUT2D eigenvalue weighted by Gasteiger charge is 2.36. The van der Waals surface area contributed by atoms with E-state index < -0.39 is 6.04 Å². The first-order valence-corrected chi connectivity index (χ1v) is 10.8. The highest BCUT2D eigenvalue weighted by molar-refractivity contribution is 9.10. The quantitative estimate of drug-likeness (QED) is 0.432. The molecule has 2 aromatic carbocycles. The molecule has 1 aromatic heterocycles. The highest BCUT2D eigenvalue weighted by Crippen LogP contribution is 2.31. The van der Waals surface area contributed by atoms with Crippen molar-refractivity contribution in [3.63, 3.8) is 0 Å². The van der Waals surface area contributed by atoms with Crippen molar-refractivity contribution in [1.82, 2.24) is 4.98 Å². The van der Waals surface area contributed by atoms with E-state index in [1.165, 1.54) is 16.3 Å². The summed E-state index contributed by atoms with van der Waals surface area (Å²) in [6.07, 6.45) is 0. The van der Waals surface area contributed by atoms with Gasteiger partial charge in [0.15, 0.2) is 6.04 Å². The number of amides is 1. The summed E-state index contributed by atoms with van der Waals surface area (Å²) in [5, 5.41) is 16.5. The summed E-state index contributed by atoms with van der Waals surface area (Å²) >= 11 is 4.83. The molecule has 0 radical (unpaired) electrons. The lowest BCUT2D eigenvalue weighted by molar-refractivity contribution is -0.117. The van der Waals surface area contributed by atoms with Crippen molar-refractivity contribution in [3.05, 3.63) is 57.9 Å². The zero-order chi connectivity index (χ0) is 21.3. The van der Waals surface area contributed by atoms with E-state index in [0.717, 1.165) is 27.0 Å². The number of carbonyl (C=O) groups is 1. The van der Waals surface area contributed by atoms with Gasteiger partial charge in [0.2, 0.25) is 5.13 Å². The first-order chi connectivity index (χ1) is 14.5. The van der Waals surface area contributed by atoms with Crippen LogP contribution in [0, 0.1) is 6.92 Å². The van der Waals surface area contributed by atoms with Gasteiger partial charge in [-0.2, -0.15) is 20.3 Å². The minimum absolute atomic E-state index is 0.266. The van der Waals surface area contributed by atoms with Gasteiger partial charge in [0.1, 0.15) is 5.75 Å². The van der Waals surface area contributed by atoms with Gasteiger partial charge in [-0.25, -0.2) is 4.98 Å². The van der Waals surface area contributed by atoms with Crippen LogP contribution in [0.5, 0.6) is 5.75 Å². The molecule has 7 nitrogen and oxygen atoms in total. The third-order valence-corrected chi connectivity index (χ3v) is 6.27. The van der Waals surface area contributed by atoms with Gasteiger partial charge in [0.05, 0.1) is 24.2 Å². The molecule has 1 aliphatic heterocycles. The first kappa shape index (κ1) is 20.4. The Bertz CT molecular complexity index is 1160. The predicted molar refractivity (Wildman–Crippen MR) is 122 cm³/mol. The maximum atomic E-state index is 12.9. The van der Waals surface area contributed by atoms with Crippen LogP contribution in [0.25, 0.3) is 11.3 Å². The second-order valence-electron chi connectivity index (χ2n) is 6.69. The predicted octanol–water partition coefficient (Wildman–Crippen LogP) is 5.76. The Morgan fingerprint density at radius 2 is 1.93 bits per heavy atom. The average molecular weight is 484 g/mol. The fourth-order valence-electron chi connectivity index (χ4n) is 2.85. The molecule has 0 unspecified atom stereocenters. The lowest BCUT2D eigenvalue weighted by atomic mass is 10.2. The number of azo groups is 1. The van der Waals surface area contributed by atoms with Gasteiger partial charge >= 0.3 is 0 Å². The molecule has 0 fully saturated rings. The smallest absolute Gasteiger partial charge is 0.282 e. The number of halogens is 1. The number of hydrazone groups is 1. The number of carbonyl (C=O) groups excluding carboxylic acids is 1. The monoisotopic (exact) mass is 483 g/mol. The molecule has 1 atom stereocenters. The fourth-order valence-corrected chi connectivity index (χ4v) is 4.00. The van der Waals surface area contributed by atoms with Gasteiger partial charge < -0.3 is 4.74 Å². The summed E-state index contributed by atoms with van der Waals surface area (Å²) in [6, 6.07) is 12.5. The molecule has 1 amide bonds. The summed E-state index contributed by atoms with van der Waals surface area (Å²) in [6.45, 7) is 3.76. The molecule has 2 heterocycles. The number of ether oxygens (including phenoxy) is 1. The average Bonchev–Trinajstić information content (AvgIpc) is 3.34. The van der Waals surface area contributed by atoms with Gasteiger partial charge in [-0.15, -0.1) is 11.3 Å². The van der Waals surface area contributed by atoms with Crippen LogP contribution in [0.1, 0.15) is 12.5 Å². The van der Waals surface area contributed by atoms with Crippen molar-refractivity contribution in [2.45, 2.75) is 19.9 Å². The second-order valence-corrected chi connectivity index (χ2v) is 8.38. The van der Waals surface area contributed by atoms with Crippen LogP contribution in [0.3, 0.4) is 0 Å². The Morgan fingerprint density at radius 1 is 1.17 bits per heavy atom. The number of hydrogen-bond donors (Lipinski definition) is 0. The molecule has 0 spiro atoms. The summed E-state index contributed by atoms with van der Waals surface area (Å²) < 4.78 is 6.13. The fraction of sp³-hybridized carbons (Fsp3) is 0.190. The Labute approximate surface area is 186 Å². The second kappa shape index (κ2) is 8.45. The minimum atomic E-state index is -0.751. The maximum absolute atomic E-state index is 12.9. The van der Waals surface area contributed by atoms with Crippen LogP contribution in [0.4, 0.5) is 10.8 Å². The van der Waals surface area contributed by atoms with Crippen LogP contribution in [-0.4, -0.2) is 29.8 Å². The molecule has 0 aliphatic carbocycles. The molecule has 9 heteroatoms. The van der Waals surface area contributed by atoms with Crippen LogP contribution < -0.4 is 9.75 Å². The van der Waals surface area contributed by atoms with Crippen LogP contribution >= 0.6 is 27.3 Å². The van der Waals surface area contributed by atoms with Gasteiger partial charge in [-0.3, -0.25) is 4.79 Å². The number of rotatable bonds is 5. The van der Waals surface area contributed by atoms with E-state index in [2.05, 4.69) is 36.2 Å². The largest absolute Gasteiger partial charge is 0.497 e. The minimum Gasteiger partial charge on any atom is -0.497 e. The molecular weight excluding hydrogens is 466 g/mol. The van der Waals surface area contributed by atoms with Gasteiger partial charge in [-0.05, 0) is 55.8 Å². The van der Waals surface area contributed by atoms with E-state index in [-0.39, 0.29) is 5.91 Å². The molecule has 0 saturated heterocycles.